The number of rotatable bonds is 2. The van der Waals surface area contributed by atoms with Gasteiger partial charge in [0.15, 0.2) is 0 Å². The highest BCUT2D eigenvalue weighted by Gasteiger charge is 2.32. The number of hydrogen-bond acceptors (Lipinski definition) is 1. The zero-order chi connectivity index (χ0) is 11.6. The Morgan fingerprint density at radius 1 is 1.33 bits per heavy atom. The van der Waals surface area contributed by atoms with Gasteiger partial charge in [-0.2, -0.15) is 13.2 Å². The molecule has 1 aromatic carbocycles. The Kier molecular flexibility index (Phi) is 3.50. The van der Waals surface area contributed by atoms with Crippen LogP contribution in [0.3, 0.4) is 0 Å². The molecule has 0 aliphatic carbocycles. The molecule has 0 N–H and O–H groups in total. The van der Waals surface area contributed by atoms with E-state index in [2.05, 4.69) is 0 Å². The van der Waals surface area contributed by atoms with Crippen LogP contribution in [0.25, 0.3) is 0 Å². The van der Waals surface area contributed by atoms with Crippen LogP contribution in [0.15, 0.2) is 18.2 Å². The van der Waals surface area contributed by atoms with Crippen molar-refractivity contribution in [2.45, 2.75) is 25.9 Å². The van der Waals surface area contributed by atoms with E-state index in [-0.39, 0.29) is 11.5 Å². The largest absolute Gasteiger partial charge is 0.416 e. The molecular weight excluding hydrogens is 221 g/mol. The first-order valence-electron chi connectivity index (χ1n) is 4.49. The Balaban J connectivity index is 3.22. The van der Waals surface area contributed by atoms with Crippen molar-refractivity contribution >= 4 is 17.6 Å². The van der Waals surface area contributed by atoms with Crippen molar-refractivity contribution in [3.8, 4) is 0 Å². The van der Waals surface area contributed by atoms with Crippen molar-refractivity contribution in [2.75, 3.05) is 0 Å². The lowest BCUT2D eigenvalue weighted by atomic mass is 9.97. The molecule has 0 heterocycles. The molecule has 0 saturated carbocycles. The smallest absolute Gasteiger partial charge is 0.166 e. The third kappa shape index (κ3) is 2.78. The van der Waals surface area contributed by atoms with Crippen LogP contribution in [0.1, 0.15) is 29.5 Å². The lowest BCUT2D eigenvalue weighted by Crippen LogP contribution is -2.09. The Labute approximate surface area is 92.1 Å². The standard InChI is InChI=1S/C11H11F3S/c1-7-3-4-9(8(2)6-15)5-10(7)11(12,13)14/h3-6,8H,1-2H3. The van der Waals surface area contributed by atoms with E-state index in [1.165, 1.54) is 24.4 Å². The summed E-state index contributed by atoms with van der Waals surface area (Å²) in [5.41, 5.74) is 0.259. The molecule has 15 heavy (non-hydrogen) atoms. The molecule has 82 valence electrons. The lowest BCUT2D eigenvalue weighted by molar-refractivity contribution is -0.138. The van der Waals surface area contributed by atoms with Crippen LogP contribution < -0.4 is 0 Å². The highest BCUT2D eigenvalue weighted by Crippen LogP contribution is 2.33. The average molecular weight is 232 g/mol. The van der Waals surface area contributed by atoms with Gasteiger partial charge in [0.05, 0.1) is 5.56 Å². The van der Waals surface area contributed by atoms with Gasteiger partial charge in [0.1, 0.15) is 0 Å². The molecule has 1 rings (SSSR count). The molecule has 0 radical (unpaired) electrons. The van der Waals surface area contributed by atoms with E-state index >= 15 is 0 Å². The summed E-state index contributed by atoms with van der Waals surface area (Å²) in [7, 11) is 0. The monoisotopic (exact) mass is 232 g/mol. The molecule has 4 heteroatoms. The van der Waals surface area contributed by atoms with Gasteiger partial charge in [0.25, 0.3) is 0 Å². The fourth-order valence-corrected chi connectivity index (χ4v) is 1.46. The minimum atomic E-state index is -4.29. The molecule has 1 unspecified atom stereocenters. The second kappa shape index (κ2) is 4.31. The van der Waals surface area contributed by atoms with E-state index in [0.29, 0.717) is 5.56 Å². The van der Waals surface area contributed by atoms with Crippen molar-refractivity contribution in [2.24, 2.45) is 0 Å². The second-order valence-electron chi connectivity index (χ2n) is 3.50. The van der Waals surface area contributed by atoms with Gasteiger partial charge >= 0.3 is 6.18 Å². The van der Waals surface area contributed by atoms with E-state index < -0.39 is 11.7 Å². The van der Waals surface area contributed by atoms with Crippen molar-refractivity contribution in [3.63, 3.8) is 0 Å². The Bertz CT molecular complexity index is 369. The number of alkyl halides is 3. The third-order valence-corrected chi connectivity index (χ3v) is 2.71. The first-order valence-corrected chi connectivity index (χ1v) is 4.96. The molecule has 0 aromatic heterocycles. The van der Waals surface area contributed by atoms with Crippen LogP contribution in [0.5, 0.6) is 0 Å². The Morgan fingerprint density at radius 3 is 2.40 bits per heavy atom. The maximum absolute atomic E-state index is 12.6. The second-order valence-corrected chi connectivity index (χ2v) is 3.77. The Morgan fingerprint density at radius 2 is 1.93 bits per heavy atom. The number of halogens is 3. The minimum Gasteiger partial charge on any atom is -0.166 e. The van der Waals surface area contributed by atoms with Crippen molar-refractivity contribution in [1.29, 1.82) is 0 Å². The normalized spacial score (nSPS) is 13.7. The van der Waals surface area contributed by atoms with Crippen molar-refractivity contribution in [1.82, 2.24) is 0 Å². The number of thiocarbonyl (C=S) groups is 1. The first-order chi connectivity index (χ1) is 6.86. The molecule has 0 amide bonds. The molecule has 1 aromatic rings. The predicted molar refractivity (Wildman–Crippen MR) is 58.3 cm³/mol. The van der Waals surface area contributed by atoms with Crippen LogP contribution in [0.2, 0.25) is 0 Å². The molecule has 0 spiro atoms. The molecular formula is C11H11F3S. The van der Waals surface area contributed by atoms with E-state index in [0.717, 1.165) is 0 Å². The molecule has 0 aliphatic rings. The van der Waals surface area contributed by atoms with Gasteiger partial charge in [-0.1, -0.05) is 31.3 Å². The first kappa shape index (κ1) is 12.2. The molecule has 0 saturated heterocycles. The number of benzene rings is 1. The zero-order valence-corrected chi connectivity index (χ0v) is 9.25. The average Bonchev–Trinajstić information content (AvgIpc) is 2.15. The number of aryl methyl sites for hydroxylation is 1. The van der Waals surface area contributed by atoms with Crippen molar-refractivity contribution in [3.05, 3.63) is 34.9 Å². The van der Waals surface area contributed by atoms with Crippen LogP contribution in [-0.2, 0) is 6.18 Å². The van der Waals surface area contributed by atoms with E-state index in [1.54, 1.807) is 13.0 Å². The van der Waals surface area contributed by atoms with Crippen LogP contribution in [-0.4, -0.2) is 5.37 Å². The third-order valence-electron chi connectivity index (χ3n) is 2.30. The number of hydrogen-bond donors (Lipinski definition) is 0. The van der Waals surface area contributed by atoms with Crippen LogP contribution in [0.4, 0.5) is 13.2 Å². The van der Waals surface area contributed by atoms with Crippen LogP contribution in [0, 0.1) is 6.92 Å². The summed E-state index contributed by atoms with van der Waals surface area (Å²) in [5, 5.41) is 1.46. The van der Waals surface area contributed by atoms with Gasteiger partial charge in [-0.3, -0.25) is 0 Å². The topological polar surface area (TPSA) is 0 Å². The van der Waals surface area contributed by atoms with Gasteiger partial charge in [-0.15, -0.1) is 0 Å². The predicted octanol–water partition coefficient (Wildman–Crippen LogP) is 4.12. The summed E-state index contributed by atoms with van der Waals surface area (Å²) >= 11 is 4.72. The summed E-state index contributed by atoms with van der Waals surface area (Å²) in [5.74, 6) is -0.137. The summed E-state index contributed by atoms with van der Waals surface area (Å²) in [6.07, 6.45) is -4.29. The molecule has 1 atom stereocenters. The van der Waals surface area contributed by atoms with Gasteiger partial charge in [0.2, 0.25) is 0 Å². The van der Waals surface area contributed by atoms with Gasteiger partial charge in [-0.05, 0) is 29.5 Å². The fraction of sp³-hybridized carbons (Fsp3) is 0.364. The maximum atomic E-state index is 12.6. The lowest BCUT2D eigenvalue weighted by Gasteiger charge is -2.13. The molecule has 0 aliphatic heterocycles. The van der Waals surface area contributed by atoms with Crippen molar-refractivity contribution < 1.29 is 13.2 Å². The zero-order valence-electron chi connectivity index (χ0n) is 8.43. The fourth-order valence-electron chi connectivity index (χ4n) is 1.31. The van der Waals surface area contributed by atoms with E-state index in [1.807, 2.05) is 0 Å². The SMILES string of the molecule is Cc1ccc(C(C)C=S)cc1C(F)(F)F. The molecule has 0 fully saturated rings. The van der Waals surface area contributed by atoms with Gasteiger partial charge < -0.3 is 0 Å². The summed E-state index contributed by atoms with van der Waals surface area (Å²) in [4.78, 5) is 0. The minimum absolute atomic E-state index is 0.137. The maximum Gasteiger partial charge on any atom is 0.416 e. The highest BCUT2D eigenvalue weighted by atomic mass is 32.1. The van der Waals surface area contributed by atoms with Gasteiger partial charge in [0, 0.05) is 5.92 Å². The molecule has 0 nitrogen and oxygen atoms in total. The van der Waals surface area contributed by atoms with E-state index in [9.17, 15) is 13.2 Å². The molecule has 0 bridgehead atoms. The van der Waals surface area contributed by atoms with E-state index in [4.69, 9.17) is 12.2 Å². The summed E-state index contributed by atoms with van der Waals surface area (Å²) in [6.45, 7) is 3.23. The highest BCUT2D eigenvalue weighted by molar-refractivity contribution is 7.79. The summed E-state index contributed by atoms with van der Waals surface area (Å²) < 4.78 is 37.7. The quantitative estimate of drug-likeness (QED) is 0.691. The van der Waals surface area contributed by atoms with Gasteiger partial charge in [-0.25, -0.2) is 0 Å². The Hall–Kier alpha value is -0.900. The van der Waals surface area contributed by atoms with Crippen LogP contribution >= 0.6 is 12.2 Å². The summed E-state index contributed by atoms with van der Waals surface area (Å²) in [6, 6.07) is 4.33.